The molecule has 0 spiro atoms. The second kappa shape index (κ2) is 2.69. The standard InChI is InChI=1S/C8H11BrFNO/c9-8(2-1-3-8)7(12)11-4-6(10)5-11/h6H,1-5H2. The lowest BCUT2D eigenvalue weighted by molar-refractivity contribution is -0.142. The zero-order chi connectivity index (χ0) is 8.77. The highest BCUT2D eigenvalue weighted by Gasteiger charge is 2.46. The number of rotatable bonds is 1. The first-order valence-electron chi connectivity index (χ1n) is 4.24. The summed E-state index contributed by atoms with van der Waals surface area (Å²) >= 11 is 3.41. The van der Waals surface area contributed by atoms with Crippen LogP contribution in [-0.4, -0.2) is 34.4 Å². The predicted molar refractivity (Wildman–Crippen MR) is 47.0 cm³/mol. The van der Waals surface area contributed by atoms with E-state index in [9.17, 15) is 9.18 Å². The van der Waals surface area contributed by atoms with Crippen LogP contribution >= 0.6 is 15.9 Å². The van der Waals surface area contributed by atoms with Gasteiger partial charge >= 0.3 is 0 Å². The maximum absolute atomic E-state index is 12.4. The average molecular weight is 236 g/mol. The van der Waals surface area contributed by atoms with Gasteiger partial charge in [0.1, 0.15) is 10.5 Å². The van der Waals surface area contributed by atoms with Gasteiger partial charge in [0.25, 0.3) is 0 Å². The van der Waals surface area contributed by atoms with E-state index in [2.05, 4.69) is 15.9 Å². The Hall–Kier alpha value is -0.120. The van der Waals surface area contributed by atoms with Crippen LogP contribution in [0.5, 0.6) is 0 Å². The molecule has 1 heterocycles. The molecule has 4 heteroatoms. The van der Waals surface area contributed by atoms with Crippen LogP contribution < -0.4 is 0 Å². The van der Waals surface area contributed by atoms with Crippen molar-refractivity contribution in [3.8, 4) is 0 Å². The van der Waals surface area contributed by atoms with Crippen molar-refractivity contribution < 1.29 is 9.18 Å². The molecule has 0 bridgehead atoms. The molecule has 0 aromatic carbocycles. The van der Waals surface area contributed by atoms with Gasteiger partial charge in [-0.25, -0.2) is 4.39 Å². The van der Waals surface area contributed by atoms with Crippen molar-refractivity contribution in [3.05, 3.63) is 0 Å². The molecule has 1 amide bonds. The van der Waals surface area contributed by atoms with Gasteiger partial charge < -0.3 is 4.90 Å². The highest BCUT2D eigenvalue weighted by Crippen LogP contribution is 2.42. The van der Waals surface area contributed by atoms with Crippen LogP contribution in [-0.2, 0) is 4.79 Å². The summed E-state index contributed by atoms with van der Waals surface area (Å²) in [5.41, 5.74) is 0. The molecule has 0 aromatic rings. The Morgan fingerprint density at radius 3 is 2.42 bits per heavy atom. The summed E-state index contributed by atoms with van der Waals surface area (Å²) < 4.78 is 12.1. The van der Waals surface area contributed by atoms with Crippen LogP contribution in [0.2, 0.25) is 0 Å². The largest absolute Gasteiger partial charge is 0.336 e. The van der Waals surface area contributed by atoms with Gasteiger partial charge in [-0.1, -0.05) is 15.9 Å². The SMILES string of the molecule is O=C(N1CC(F)C1)C1(Br)CCC1. The first kappa shape index (κ1) is 8.48. The minimum absolute atomic E-state index is 0.0858. The Balaban J connectivity index is 1.92. The third-order valence-electron chi connectivity index (χ3n) is 2.65. The lowest BCUT2D eigenvalue weighted by Gasteiger charge is -2.43. The van der Waals surface area contributed by atoms with Crippen molar-refractivity contribution in [1.29, 1.82) is 0 Å². The minimum Gasteiger partial charge on any atom is -0.336 e. The molecule has 0 radical (unpaired) electrons. The van der Waals surface area contributed by atoms with Gasteiger partial charge in [0, 0.05) is 0 Å². The van der Waals surface area contributed by atoms with Crippen LogP contribution in [0.4, 0.5) is 4.39 Å². The van der Waals surface area contributed by atoms with Crippen LogP contribution in [0.1, 0.15) is 19.3 Å². The van der Waals surface area contributed by atoms with Crippen molar-refractivity contribution >= 4 is 21.8 Å². The molecule has 0 unspecified atom stereocenters. The molecule has 2 rings (SSSR count). The van der Waals surface area contributed by atoms with Gasteiger partial charge in [-0.3, -0.25) is 4.79 Å². The van der Waals surface area contributed by atoms with E-state index in [4.69, 9.17) is 0 Å². The number of alkyl halides is 2. The summed E-state index contributed by atoms with van der Waals surface area (Å²) in [7, 11) is 0. The lowest BCUT2D eigenvalue weighted by Crippen LogP contribution is -2.58. The highest BCUT2D eigenvalue weighted by atomic mass is 79.9. The molecular weight excluding hydrogens is 225 g/mol. The van der Waals surface area contributed by atoms with Crippen LogP contribution in [0, 0.1) is 0 Å². The van der Waals surface area contributed by atoms with E-state index < -0.39 is 6.17 Å². The molecule has 2 nitrogen and oxygen atoms in total. The number of halogens is 2. The van der Waals surface area contributed by atoms with Crippen molar-refractivity contribution in [2.45, 2.75) is 29.8 Å². The Bertz CT molecular complexity index is 211. The number of hydrogen-bond donors (Lipinski definition) is 0. The summed E-state index contributed by atoms with van der Waals surface area (Å²) in [6.07, 6.45) is 2.12. The topological polar surface area (TPSA) is 20.3 Å². The van der Waals surface area contributed by atoms with E-state index in [1.54, 1.807) is 4.90 Å². The number of carbonyl (C=O) groups excluding carboxylic acids is 1. The Morgan fingerprint density at radius 1 is 1.50 bits per heavy atom. The van der Waals surface area contributed by atoms with Crippen molar-refractivity contribution in [1.82, 2.24) is 4.90 Å². The maximum Gasteiger partial charge on any atom is 0.239 e. The molecular formula is C8H11BrFNO. The fourth-order valence-corrected chi connectivity index (χ4v) is 2.39. The van der Waals surface area contributed by atoms with Crippen LogP contribution in [0.3, 0.4) is 0 Å². The monoisotopic (exact) mass is 235 g/mol. The molecule has 1 saturated carbocycles. The fourth-order valence-electron chi connectivity index (χ4n) is 1.58. The van der Waals surface area contributed by atoms with E-state index in [1.807, 2.05) is 0 Å². The van der Waals surface area contributed by atoms with Gasteiger partial charge in [-0.2, -0.15) is 0 Å². The first-order chi connectivity index (χ1) is 5.62. The van der Waals surface area contributed by atoms with Gasteiger partial charge in [0.15, 0.2) is 0 Å². The summed E-state index contributed by atoms with van der Waals surface area (Å²) in [6.45, 7) is 0.596. The Labute approximate surface area is 79.2 Å². The summed E-state index contributed by atoms with van der Waals surface area (Å²) in [6, 6.07) is 0. The molecule has 0 aromatic heterocycles. The summed E-state index contributed by atoms with van der Waals surface area (Å²) in [5, 5.41) is 0. The summed E-state index contributed by atoms with van der Waals surface area (Å²) in [5.74, 6) is 0.0858. The molecule has 0 atom stereocenters. The number of nitrogens with zero attached hydrogens (tertiary/aromatic N) is 1. The van der Waals surface area contributed by atoms with Crippen LogP contribution in [0.25, 0.3) is 0 Å². The molecule has 2 aliphatic rings. The maximum atomic E-state index is 12.4. The second-order valence-electron chi connectivity index (χ2n) is 3.63. The van der Waals surface area contributed by atoms with E-state index in [1.165, 1.54) is 0 Å². The van der Waals surface area contributed by atoms with Gasteiger partial charge in [-0.05, 0) is 19.3 Å². The van der Waals surface area contributed by atoms with E-state index in [0.717, 1.165) is 19.3 Å². The molecule has 0 N–H and O–H groups in total. The Morgan fingerprint density at radius 2 is 2.08 bits per heavy atom. The van der Waals surface area contributed by atoms with Gasteiger partial charge in [0.05, 0.1) is 13.1 Å². The van der Waals surface area contributed by atoms with Crippen molar-refractivity contribution in [2.75, 3.05) is 13.1 Å². The van der Waals surface area contributed by atoms with Crippen LogP contribution in [0.15, 0.2) is 0 Å². The molecule has 12 heavy (non-hydrogen) atoms. The molecule has 1 saturated heterocycles. The quantitative estimate of drug-likeness (QED) is 0.631. The highest BCUT2D eigenvalue weighted by molar-refractivity contribution is 9.10. The summed E-state index contributed by atoms with van der Waals surface area (Å²) in [4.78, 5) is 13.2. The third-order valence-corrected chi connectivity index (χ3v) is 3.79. The zero-order valence-corrected chi connectivity index (χ0v) is 8.31. The fraction of sp³-hybridized carbons (Fsp3) is 0.875. The second-order valence-corrected chi connectivity index (χ2v) is 5.14. The zero-order valence-electron chi connectivity index (χ0n) is 6.72. The molecule has 2 fully saturated rings. The van der Waals surface area contributed by atoms with Crippen molar-refractivity contribution in [3.63, 3.8) is 0 Å². The first-order valence-corrected chi connectivity index (χ1v) is 5.03. The van der Waals surface area contributed by atoms with E-state index in [0.29, 0.717) is 13.1 Å². The molecule has 68 valence electrons. The minimum atomic E-state index is -0.787. The number of carbonyl (C=O) groups is 1. The number of amides is 1. The van der Waals surface area contributed by atoms with Gasteiger partial charge in [0.2, 0.25) is 5.91 Å². The number of likely N-dealkylation sites (tertiary alicyclic amines) is 1. The van der Waals surface area contributed by atoms with E-state index >= 15 is 0 Å². The normalized spacial score (nSPS) is 27.7. The number of hydrogen-bond acceptors (Lipinski definition) is 1. The third kappa shape index (κ3) is 1.16. The Kier molecular flexibility index (Phi) is 1.90. The molecule has 1 aliphatic carbocycles. The van der Waals surface area contributed by atoms with Crippen molar-refractivity contribution in [2.24, 2.45) is 0 Å². The predicted octanol–water partition coefficient (Wildman–Crippen LogP) is 1.48. The van der Waals surface area contributed by atoms with E-state index in [-0.39, 0.29) is 10.2 Å². The smallest absolute Gasteiger partial charge is 0.239 e. The average Bonchev–Trinajstić information content (AvgIpc) is 1.93. The van der Waals surface area contributed by atoms with Gasteiger partial charge in [-0.15, -0.1) is 0 Å². The molecule has 1 aliphatic heterocycles. The lowest BCUT2D eigenvalue weighted by atomic mass is 9.83.